The zero-order chi connectivity index (χ0) is 9.61. The highest BCUT2D eigenvalue weighted by atomic mass is 32.2. The van der Waals surface area contributed by atoms with Crippen LogP contribution in [0.15, 0.2) is 0 Å². The summed E-state index contributed by atoms with van der Waals surface area (Å²) < 4.78 is 22.4. The first kappa shape index (κ1) is 11.9. The third-order valence-corrected chi connectivity index (χ3v) is 3.66. The standard InChI is InChI=1S/C7H17NO3S/c1-4-11-8-5-6-12(9,10)7(2)3/h7-8H,4-6H2,1-3H3. The Morgan fingerprint density at radius 1 is 1.42 bits per heavy atom. The van der Waals surface area contributed by atoms with Gasteiger partial charge in [-0.25, -0.2) is 13.9 Å². The summed E-state index contributed by atoms with van der Waals surface area (Å²) in [6.45, 7) is 6.09. The molecule has 0 aromatic rings. The monoisotopic (exact) mass is 195 g/mol. The van der Waals surface area contributed by atoms with Crippen molar-refractivity contribution in [3.05, 3.63) is 0 Å². The van der Waals surface area contributed by atoms with E-state index in [0.717, 1.165) is 0 Å². The van der Waals surface area contributed by atoms with Crippen molar-refractivity contribution in [3.63, 3.8) is 0 Å². The summed E-state index contributed by atoms with van der Waals surface area (Å²) in [5.74, 6) is 0.130. The van der Waals surface area contributed by atoms with E-state index >= 15 is 0 Å². The molecule has 0 aliphatic carbocycles. The Kier molecular flexibility index (Phi) is 5.44. The molecule has 0 rings (SSSR count). The smallest absolute Gasteiger partial charge is 0.153 e. The van der Waals surface area contributed by atoms with Crippen LogP contribution in [0.25, 0.3) is 0 Å². The maximum atomic E-state index is 11.2. The van der Waals surface area contributed by atoms with E-state index in [-0.39, 0.29) is 11.0 Å². The van der Waals surface area contributed by atoms with Gasteiger partial charge in [0.15, 0.2) is 9.84 Å². The summed E-state index contributed by atoms with van der Waals surface area (Å²) in [7, 11) is -2.92. The molecular formula is C7H17NO3S. The van der Waals surface area contributed by atoms with E-state index in [4.69, 9.17) is 4.84 Å². The van der Waals surface area contributed by atoms with Gasteiger partial charge in [0.1, 0.15) is 0 Å². The van der Waals surface area contributed by atoms with Gasteiger partial charge in [0.05, 0.1) is 17.6 Å². The van der Waals surface area contributed by atoms with Crippen molar-refractivity contribution in [2.24, 2.45) is 0 Å². The molecule has 0 amide bonds. The topological polar surface area (TPSA) is 55.4 Å². The number of sulfone groups is 1. The fourth-order valence-corrected chi connectivity index (χ4v) is 1.43. The van der Waals surface area contributed by atoms with Crippen LogP contribution in [-0.2, 0) is 14.7 Å². The highest BCUT2D eigenvalue weighted by Gasteiger charge is 2.14. The van der Waals surface area contributed by atoms with Gasteiger partial charge in [0.25, 0.3) is 0 Å². The van der Waals surface area contributed by atoms with E-state index in [0.29, 0.717) is 13.2 Å². The summed E-state index contributed by atoms with van der Waals surface area (Å²) in [6, 6.07) is 0. The van der Waals surface area contributed by atoms with Crippen LogP contribution in [0.5, 0.6) is 0 Å². The number of rotatable bonds is 6. The molecule has 0 bridgehead atoms. The second-order valence-corrected chi connectivity index (χ2v) is 5.42. The van der Waals surface area contributed by atoms with Gasteiger partial charge < -0.3 is 4.84 Å². The van der Waals surface area contributed by atoms with Crippen LogP contribution in [0.2, 0.25) is 0 Å². The highest BCUT2D eigenvalue weighted by Crippen LogP contribution is 1.98. The lowest BCUT2D eigenvalue weighted by Crippen LogP contribution is -2.27. The molecule has 0 aromatic heterocycles. The predicted octanol–water partition coefficient (Wildman–Crippen LogP) is 0.351. The Morgan fingerprint density at radius 2 is 2.00 bits per heavy atom. The zero-order valence-corrected chi connectivity index (χ0v) is 8.65. The molecule has 0 fully saturated rings. The van der Waals surface area contributed by atoms with Gasteiger partial charge in [-0.2, -0.15) is 0 Å². The summed E-state index contributed by atoms with van der Waals surface area (Å²) >= 11 is 0. The molecule has 0 unspecified atom stereocenters. The number of hydrogen-bond acceptors (Lipinski definition) is 4. The minimum Gasteiger partial charge on any atom is -0.302 e. The average molecular weight is 195 g/mol. The molecule has 0 spiro atoms. The SMILES string of the molecule is CCONCCS(=O)(=O)C(C)C. The molecule has 5 heteroatoms. The Morgan fingerprint density at radius 3 is 2.42 bits per heavy atom. The molecular weight excluding hydrogens is 178 g/mol. The fraction of sp³-hybridized carbons (Fsp3) is 1.00. The van der Waals surface area contributed by atoms with Crippen molar-refractivity contribution in [2.45, 2.75) is 26.0 Å². The van der Waals surface area contributed by atoms with Crippen LogP contribution in [-0.4, -0.2) is 32.6 Å². The van der Waals surface area contributed by atoms with Crippen LogP contribution < -0.4 is 5.48 Å². The van der Waals surface area contributed by atoms with E-state index in [2.05, 4.69) is 5.48 Å². The summed E-state index contributed by atoms with van der Waals surface area (Å²) in [6.07, 6.45) is 0. The lowest BCUT2D eigenvalue weighted by atomic mass is 10.6. The van der Waals surface area contributed by atoms with Gasteiger partial charge in [0.2, 0.25) is 0 Å². The average Bonchev–Trinajstić information content (AvgIpc) is 1.98. The molecule has 0 radical (unpaired) electrons. The lowest BCUT2D eigenvalue weighted by molar-refractivity contribution is 0.0551. The van der Waals surface area contributed by atoms with Crippen LogP contribution in [0.1, 0.15) is 20.8 Å². The van der Waals surface area contributed by atoms with Crippen LogP contribution in [0.3, 0.4) is 0 Å². The third kappa shape index (κ3) is 4.69. The van der Waals surface area contributed by atoms with E-state index < -0.39 is 9.84 Å². The minimum atomic E-state index is -2.92. The molecule has 0 atom stereocenters. The van der Waals surface area contributed by atoms with Crippen molar-refractivity contribution in [1.29, 1.82) is 0 Å². The van der Waals surface area contributed by atoms with Crippen LogP contribution in [0.4, 0.5) is 0 Å². The first-order valence-corrected chi connectivity index (χ1v) is 5.78. The van der Waals surface area contributed by atoms with Crippen LogP contribution >= 0.6 is 0 Å². The summed E-state index contributed by atoms with van der Waals surface area (Å²) in [5, 5.41) is -0.305. The first-order chi connectivity index (χ1) is 5.50. The Hall–Kier alpha value is -0.130. The molecule has 0 aromatic carbocycles. The van der Waals surface area contributed by atoms with E-state index in [9.17, 15) is 8.42 Å². The highest BCUT2D eigenvalue weighted by molar-refractivity contribution is 7.92. The summed E-state index contributed by atoms with van der Waals surface area (Å²) in [5.41, 5.74) is 2.57. The first-order valence-electron chi connectivity index (χ1n) is 4.07. The predicted molar refractivity (Wildman–Crippen MR) is 48.6 cm³/mol. The van der Waals surface area contributed by atoms with Crippen molar-refractivity contribution < 1.29 is 13.3 Å². The quantitative estimate of drug-likeness (QED) is 0.491. The second kappa shape index (κ2) is 5.50. The number of hydroxylamine groups is 1. The van der Waals surface area contributed by atoms with Gasteiger partial charge in [-0.1, -0.05) is 0 Å². The van der Waals surface area contributed by atoms with Crippen LogP contribution in [0, 0.1) is 0 Å². The van der Waals surface area contributed by atoms with Gasteiger partial charge in [-0.3, -0.25) is 0 Å². The fourth-order valence-electron chi connectivity index (χ4n) is 0.594. The van der Waals surface area contributed by atoms with Crippen molar-refractivity contribution >= 4 is 9.84 Å². The zero-order valence-electron chi connectivity index (χ0n) is 7.83. The van der Waals surface area contributed by atoms with E-state index in [1.165, 1.54) is 0 Å². The molecule has 4 nitrogen and oxygen atoms in total. The molecule has 12 heavy (non-hydrogen) atoms. The van der Waals surface area contributed by atoms with Crippen molar-refractivity contribution in [3.8, 4) is 0 Å². The molecule has 74 valence electrons. The molecule has 1 N–H and O–H groups in total. The Labute approximate surface area is 74.2 Å². The third-order valence-electron chi connectivity index (χ3n) is 1.45. The van der Waals surface area contributed by atoms with Crippen molar-refractivity contribution in [1.82, 2.24) is 5.48 Å². The summed E-state index contributed by atoms with van der Waals surface area (Å²) in [4.78, 5) is 4.79. The van der Waals surface area contributed by atoms with Gasteiger partial charge in [-0.05, 0) is 20.8 Å². The van der Waals surface area contributed by atoms with E-state index in [1.54, 1.807) is 13.8 Å². The Balaban J connectivity index is 3.63. The second-order valence-electron chi connectivity index (χ2n) is 2.74. The maximum Gasteiger partial charge on any atom is 0.153 e. The van der Waals surface area contributed by atoms with Gasteiger partial charge in [0, 0.05) is 6.54 Å². The largest absolute Gasteiger partial charge is 0.302 e. The number of hydrogen-bond donors (Lipinski definition) is 1. The molecule has 0 aliphatic rings. The molecule has 0 aliphatic heterocycles. The van der Waals surface area contributed by atoms with Gasteiger partial charge in [-0.15, -0.1) is 0 Å². The van der Waals surface area contributed by atoms with Gasteiger partial charge >= 0.3 is 0 Å². The number of nitrogens with one attached hydrogen (secondary N) is 1. The van der Waals surface area contributed by atoms with E-state index in [1.807, 2.05) is 6.92 Å². The van der Waals surface area contributed by atoms with Crippen molar-refractivity contribution in [2.75, 3.05) is 18.9 Å². The lowest BCUT2D eigenvalue weighted by Gasteiger charge is -2.07. The Bertz CT molecular complexity index is 199. The minimum absolute atomic E-state index is 0.130. The molecule has 0 heterocycles. The molecule has 0 saturated heterocycles. The normalized spacial score (nSPS) is 12.3. The molecule has 0 saturated carbocycles. The maximum absolute atomic E-state index is 11.2.